The maximum absolute atomic E-state index is 6.10. The first-order chi connectivity index (χ1) is 19.1. The van der Waals surface area contributed by atoms with Gasteiger partial charge in [-0.3, -0.25) is 9.78 Å². The average molecular weight is 521 g/mol. The summed E-state index contributed by atoms with van der Waals surface area (Å²) in [6.07, 6.45) is 5.45. The Balaban J connectivity index is 1.28. The molecule has 39 heavy (non-hydrogen) atoms. The van der Waals surface area contributed by atoms with Gasteiger partial charge in [0, 0.05) is 35.6 Å². The number of para-hydroxylation sites is 2. The number of aromatic nitrogens is 8. The zero-order chi connectivity index (χ0) is 26.5. The van der Waals surface area contributed by atoms with Crippen molar-refractivity contribution >= 4 is 5.65 Å². The lowest BCUT2D eigenvalue weighted by molar-refractivity contribution is 0.284. The van der Waals surface area contributed by atoms with Crippen LogP contribution in [0.1, 0.15) is 33.9 Å². The first-order valence-corrected chi connectivity index (χ1v) is 12.4. The van der Waals surface area contributed by atoms with Gasteiger partial charge in [0.15, 0.2) is 23.0 Å². The number of rotatable bonds is 6. The minimum absolute atomic E-state index is 0.218. The third-order valence-electron chi connectivity index (χ3n) is 6.82. The van der Waals surface area contributed by atoms with Gasteiger partial charge in [-0.05, 0) is 30.7 Å². The Morgan fingerprint density at radius 1 is 1.05 bits per heavy atom. The minimum atomic E-state index is -0.218. The maximum atomic E-state index is 6.10. The number of nitrogens with zero attached hydrogens (tertiary/aromatic N) is 7. The second kappa shape index (κ2) is 8.98. The lowest BCUT2D eigenvalue weighted by Gasteiger charge is -2.24. The lowest BCUT2D eigenvalue weighted by atomic mass is 9.86. The average Bonchev–Trinajstić information content (AvgIpc) is 3.69. The van der Waals surface area contributed by atoms with E-state index < -0.39 is 0 Å². The van der Waals surface area contributed by atoms with Crippen molar-refractivity contribution in [2.24, 2.45) is 7.05 Å². The van der Waals surface area contributed by atoms with E-state index in [1.165, 1.54) is 0 Å². The third-order valence-corrected chi connectivity index (χ3v) is 6.82. The van der Waals surface area contributed by atoms with E-state index in [2.05, 4.69) is 20.3 Å². The molecule has 0 radical (unpaired) electrons. The molecule has 0 amide bonds. The molecule has 0 saturated carbocycles. The molecular formula is C28H24N8O3. The van der Waals surface area contributed by atoms with Crippen LogP contribution in [-0.4, -0.2) is 46.7 Å². The standard InChI is InChI=1S/C28H24N8O3/c1-16-22-23(19-12-30-35(2)13-19)24-26-31-25(34-36(26)15-29-27(24)39-28(22)33-32-16)18-8-6-7-17(11-18)14-38-21-10-5-4-9-20(21)37-3/h4-13,15,23H,14H2,1-3H3,(H,32,33)/t23-/m0/s1. The topological polar surface area (TPSA) is 117 Å². The monoisotopic (exact) mass is 520 g/mol. The highest BCUT2D eigenvalue weighted by molar-refractivity contribution is 5.68. The molecule has 0 bridgehead atoms. The molecule has 0 spiro atoms. The molecule has 5 heterocycles. The number of fused-ring (bicyclic) bond motifs is 4. The molecule has 1 aliphatic heterocycles. The van der Waals surface area contributed by atoms with Gasteiger partial charge in [0.2, 0.25) is 11.8 Å². The molecule has 6 aromatic rings. The fourth-order valence-corrected chi connectivity index (χ4v) is 5.01. The van der Waals surface area contributed by atoms with Gasteiger partial charge in [-0.15, -0.1) is 10.2 Å². The Kier molecular flexibility index (Phi) is 5.29. The Bertz CT molecular complexity index is 1840. The van der Waals surface area contributed by atoms with Gasteiger partial charge in [0.05, 0.1) is 24.8 Å². The summed E-state index contributed by atoms with van der Waals surface area (Å²) in [6.45, 7) is 2.35. The van der Waals surface area contributed by atoms with Crippen molar-refractivity contribution in [2.45, 2.75) is 19.4 Å². The summed E-state index contributed by atoms with van der Waals surface area (Å²) < 4.78 is 21.0. The van der Waals surface area contributed by atoms with E-state index >= 15 is 0 Å². The molecule has 0 aliphatic carbocycles. The van der Waals surface area contributed by atoms with Crippen molar-refractivity contribution in [1.82, 2.24) is 39.6 Å². The quantitative estimate of drug-likeness (QED) is 0.342. The first kappa shape index (κ1) is 23.0. The summed E-state index contributed by atoms with van der Waals surface area (Å²) in [4.78, 5) is 9.53. The molecule has 1 aliphatic rings. The molecule has 194 valence electrons. The van der Waals surface area contributed by atoms with Crippen molar-refractivity contribution in [1.29, 1.82) is 0 Å². The van der Waals surface area contributed by atoms with Crippen molar-refractivity contribution in [3.63, 3.8) is 0 Å². The van der Waals surface area contributed by atoms with E-state index in [-0.39, 0.29) is 5.92 Å². The van der Waals surface area contributed by atoms with E-state index in [4.69, 9.17) is 24.3 Å². The maximum Gasteiger partial charge on any atom is 0.244 e. The van der Waals surface area contributed by atoms with Gasteiger partial charge < -0.3 is 14.2 Å². The number of nitrogens with one attached hydrogen (secondary N) is 1. The Hall–Kier alpha value is -5.19. The van der Waals surface area contributed by atoms with E-state index in [9.17, 15) is 0 Å². The van der Waals surface area contributed by atoms with Crippen LogP contribution in [0.25, 0.3) is 17.0 Å². The van der Waals surface area contributed by atoms with Crippen molar-refractivity contribution < 1.29 is 14.2 Å². The van der Waals surface area contributed by atoms with Crippen LogP contribution in [0.5, 0.6) is 23.3 Å². The Morgan fingerprint density at radius 3 is 2.74 bits per heavy atom. The molecule has 0 saturated heterocycles. The van der Waals surface area contributed by atoms with Crippen LogP contribution < -0.4 is 14.2 Å². The van der Waals surface area contributed by atoms with Gasteiger partial charge in [-0.1, -0.05) is 30.3 Å². The number of ether oxygens (including phenoxy) is 3. The van der Waals surface area contributed by atoms with E-state index in [0.29, 0.717) is 41.3 Å². The molecule has 0 fully saturated rings. The zero-order valence-electron chi connectivity index (χ0n) is 21.5. The van der Waals surface area contributed by atoms with Crippen molar-refractivity contribution in [3.8, 4) is 34.6 Å². The summed E-state index contributed by atoms with van der Waals surface area (Å²) in [6, 6.07) is 15.6. The largest absolute Gasteiger partial charge is 0.493 e. The summed E-state index contributed by atoms with van der Waals surface area (Å²) in [7, 11) is 3.52. The summed E-state index contributed by atoms with van der Waals surface area (Å²) >= 11 is 0. The van der Waals surface area contributed by atoms with Crippen LogP contribution in [0, 0.1) is 6.92 Å². The molecule has 4 aromatic heterocycles. The molecule has 1 atom stereocenters. The van der Waals surface area contributed by atoms with Crippen LogP contribution in [0.3, 0.4) is 0 Å². The van der Waals surface area contributed by atoms with Gasteiger partial charge in [-0.25, -0.2) is 14.5 Å². The number of aryl methyl sites for hydroxylation is 2. The van der Waals surface area contributed by atoms with Gasteiger partial charge >= 0.3 is 0 Å². The summed E-state index contributed by atoms with van der Waals surface area (Å²) in [5.41, 5.74) is 6.15. The molecule has 7 rings (SSSR count). The molecule has 11 nitrogen and oxygen atoms in total. The number of methoxy groups -OCH3 is 1. The SMILES string of the molecule is COc1ccccc1OCc1cccc(-c2nc3c4c(ncn3n2)Oc2n[nH]c(C)c2[C@@H]4c2cnn(C)c2)c1. The first-order valence-electron chi connectivity index (χ1n) is 12.4. The highest BCUT2D eigenvalue weighted by Crippen LogP contribution is 2.48. The molecule has 11 heteroatoms. The van der Waals surface area contributed by atoms with Gasteiger partial charge in [-0.2, -0.15) is 5.10 Å². The Labute approximate surface area is 223 Å². The molecule has 1 N–H and O–H groups in total. The second-order valence-corrected chi connectivity index (χ2v) is 9.36. The van der Waals surface area contributed by atoms with E-state index in [0.717, 1.165) is 33.5 Å². The fourth-order valence-electron chi connectivity index (χ4n) is 5.01. The predicted octanol–water partition coefficient (Wildman–Crippen LogP) is 4.43. The number of hydrogen-bond donors (Lipinski definition) is 1. The molecule has 2 aromatic carbocycles. The second-order valence-electron chi connectivity index (χ2n) is 9.36. The summed E-state index contributed by atoms with van der Waals surface area (Å²) in [5, 5.41) is 16.6. The fraction of sp³-hybridized carbons (Fsp3) is 0.179. The van der Waals surface area contributed by atoms with E-state index in [1.54, 1.807) is 22.6 Å². The smallest absolute Gasteiger partial charge is 0.244 e. The number of benzene rings is 2. The Morgan fingerprint density at radius 2 is 1.92 bits per heavy atom. The predicted molar refractivity (Wildman–Crippen MR) is 141 cm³/mol. The van der Waals surface area contributed by atoms with Gasteiger partial charge in [0.1, 0.15) is 12.9 Å². The number of hydrogen-bond acceptors (Lipinski definition) is 8. The van der Waals surface area contributed by atoms with Gasteiger partial charge in [0.25, 0.3) is 0 Å². The molecular weight excluding hydrogens is 496 g/mol. The van der Waals surface area contributed by atoms with Crippen molar-refractivity contribution in [2.75, 3.05) is 7.11 Å². The minimum Gasteiger partial charge on any atom is -0.493 e. The lowest BCUT2D eigenvalue weighted by Crippen LogP contribution is -2.14. The highest BCUT2D eigenvalue weighted by Gasteiger charge is 2.37. The summed E-state index contributed by atoms with van der Waals surface area (Å²) in [5.74, 6) is 2.69. The molecule has 0 unspecified atom stereocenters. The zero-order valence-corrected chi connectivity index (χ0v) is 21.5. The highest BCUT2D eigenvalue weighted by atomic mass is 16.5. The van der Waals surface area contributed by atoms with E-state index in [1.807, 2.05) is 74.9 Å². The van der Waals surface area contributed by atoms with Crippen LogP contribution in [0.2, 0.25) is 0 Å². The number of H-pyrrole nitrogens is 1. The van der Waals surface area contributed by atoms with Crippen LogP contribution >= 0.6 is 0 Å². The van der Waals surface area contributed by atoms with Crippen molar-refractivity contribution in [3.05, 3.63) is 95.2 Å². The van der Waals surface area contributed by atoms with Crippen LogP contribution in [0.15, 0.2) is 67.3 Å². The number of aromatic amines is 1. The third kappa shape index (κ3) is 3.86. The van der Waals surface area contributed by atoms with Crippen LogP contribution in [-0.2, 0) is 13.7 Å². The normalized spacial score (nSPS) is 14.1. The van der Waals surface area contributed by atoms with Crippen LogP contribution in [0.4, 0.5) is 0 Å².